The van der Waals surface area contributed by atoms with Crippen molar-refractivity contribution in [3.63, 3.8) is 0 Å². The third kappa shape index (κ3) is 0.877. The predicted molar refractivity (Wildman–Crippen MR) is 36.2 cm³/mol. The Bertz CT molecular complexity index is 108. The van der Waals surface area contributed by atoms with Crippen LogP contribution in [-0.4, -0.2) is 12.2 Å². The van der Waals surface area contributed by atoms with E-state index in [9.17, 15) is 0 Å². The summed E-state index contributed by atoms with van der Waals surface area (Å²) in [6.07, 6.45) is 3.95. The lowest BCUT2D eigenvalue weighted by Crippen LogP contribution is -2.19. The minimum Gasteiger partial charge on any atom is -0.370 e. The van der Waals surface area contributed by atoms with Crippen molar-refractivity contribution < 1.29 is 4.74 Å². The van der Waals surface area contributed by atoms with Gasteiger partial charge in [-0.3, -0.25) is 0 Å². The van der Waals surface area contributed by atoms with Gasteiger partial charge in [-0.25, -0.2) is 0 Å². The lowest BCUT2D eigenvalue weighted by atomic mass is 9.82. The molecule has 2 fully saturated rings. The number of epoxide rings is 1. The van der Waals surface area contributed by atoms with Gasteiger partial charge in [0.1, 0.15) is 0 Å². The molecule has 4 atom stereocenters. The highest BCUT2D eigenvalue weighted by atomic mass is 16.6. The largest absolute Gasteiger partial charge is 0.370 e. The first kappa shape index (κ1) is 5.72. The zero-order valence-electron chi connectivity index (χ0n) is 6.13. The lowest BCUT2D eigenvalue weighted by Gasteiger charge is -2.21. The zero-order valence-corrected chi connectivity index (χ0v) is 6.13. The Morgan fingerprint density at radius 1 is 1.00 bits per heavy atom. The second-order valence-electron chi connectivity index (χ2n) is 3.64. The minimum atomic E-state index is 0.663. The first-order valence-electron chi connectivity index (χ1n) is 3.93. The molecule has 0 N–H and O–H groups in total. The fourth-order valence-corrected chi connectivity index (χ4v) is 1.79. The first-order chi connectivity index (χ1) is 4.27. The van der Waals surface area contributed by atoms with Gasteiger partial charge in [0.2, 0.25) is 0 Å². The summed E-state index contributed by atoms with van der Waals surface area (Å²) in [7, 11) is 0. The van der Waals surface area contributed by atoms with Crippen LogP contribution in [0.25, 0.3) is 0 Å². The average molecular weight is 126 g/mol. The molecule has 0 spiro atoms. The highest BCUT2D eigenvalue weighted by Crippen LogP contribution is 2.42. The molecule has 1 saturated heterocycles. The van der Waals surface area contributed by atoms with Crippen molar-refractivity contribution in [2.75, 3.05) is 0 Å². The van der Waals surface area contributed by atoms with E-state index in [-0.39, 0.29) is 0 Å². The van der Waals surface area contributed by atoms with Gasteiger partial charge in [-0.1, -0.05) is 13.8 Å². The maximum Gasteiger partial charge on any atom is 0.0844 e. The highest BCUT2D eigenvalue weighted by Gasteiger charge is 2.45. The zero-order chi connectivity index (χ0) is 6.43. The third-order valence-electron chi connectivity index (χ3n) is 2.87. The van der Waals surface area contributed by atoms with Crippen LogP contribution >= 0.6 is 0 Å². The summed E-state index contributed by atoms with van der Waals surface area (Å²) in [6.45, 7) is 4.67. The van der Waals surface area contributed by atoms with Crippen LogP contribution in [-0.2, 0) is 4.74 Å². The van der Waals surface area contributed by atoms with Crippen LogP contribution in [0.5, 0.6) is 0 Å². The van der Waals surface area contributed by atoms with E-state index in [2.05, 4.69) is 13.8 Å². The van der Waals surface area contributed by atoms with Crippen molar-refractivity contribution in [2.45, 2.75) is 38.9 Å². The van der Waals surface area contributed by atoms with Crippen LogP contribution < -0.4 is 0 Å². The molecule has 0 unspecified atom stereocenters. The number of rotatable bonds is 0. The van der Waals surface area contributed by atoms with Crippen molar-refractivity contribution in [1.29, 1.82) is 0 Å². The predicted octanol–water partition coefficient (Wildman–Crippen LogP) is 1.82. The fourth-order valence-electron chi connectivity index (χ4n) is 1.79. The molecule has 1 saturated carbocycles. The maximum absolute atomic E-state index is 5.42. The average Bonchev–Trinajstić information content (AvgIpc) is 2.46. The van der Waals surface area contributed by atoms with E-state index in [1.165, 1.54) is 12.8 Å². The van der Waals surface area contributed by atoms with Crippen molar-refractivity contribution >= 4 is 0 Å². The lowest BCUT2D eigenvalue weighted by molar-refractivity contribution is 0.309. The van der Waals surface area contributed by atoms with E-state index >= 15 is 0 Å². The molecular weight excluding hydrogens is 112 g/mol. The molecule has 0 radical (unpaired) electrons. The van der Waals surface area contributed by atoms with Gasteiger partial charge in [-0.15, -0.1) is 0 Å². The SMILES string of the molecule is C[C@@H]1C[C@@H]2O[C@@H]2C[C@@H]1C. The Kier molecular flexibility index (Phi) is 1.10. The van der Waals surface area contributed by atoms with E-state index in [0.717, 1.165) is 11.8 Å². The van der Waals surface area contributed by atoms with Crippen LogP contribution in [0.15, 0.2) is 0 Å². The van der Waals surface area contributed by atoms with Gasteiger partial charge in [0, 0.05) is 0 Å². The van der Waals surface area contributed by atoms with Gasteiger partial charge in [0.15, 0.2) is 0 Å². The van der Waals surface area contributed by atoms with Gasteiger partial charge in [0.05, 0.1) is 12.2 Å². The van der Waals surface area contributed by atoms with E-state index in [1.54, 1.807) is 0 Å². The summed E-state index contributed by atoms with van der Waals surface area (Å²) in [5.41, 5.74) is 0. The minimum absolute atomic E-state index is 0.663. The van der Waals surface area contributed by atoms with Crippen LogP contribution in [0, 0.1) is 11.8 Å². The third-order valence-corrected chi connectivity index (χ3v) is 2.87. The summed E-state index contributed by atoms with van der Waals surface area (Å²) in [6, 6.07) is 0. The maximum atomic E-state index is 5.42. The topological polar surface area (TPSA) is 12.5 Å². The van der Waals surface area contributed by atoms with Crippen molar-refractivity contribution in [3.8, 4) is 0 Å². The molecule has 0 aromatic heterocycles. The van der Waals surface area contributed by atoms with Gasteiger partial charge >= 0.3 is 0 Å². The van der Waals surface area contributed by atoms with Gasteiger partial charge in [-0.2, -0.15) is 0 Å². The number of hydrogen-bond acceptors (Lipinski definition) is 1. The molecule has 1 aliphatic carbocycles. The molecule has 0 aromatic carbocycles. The molecule has 0 amide bonds. The Labute approximate surface area is 56.4 Å². The van der Waals surface area contributed by atoms with Crippen molar-refractivity contribution in [2.24, 2.45) is 11.8 Å². The molecule has 0 bridgehead atoms. The number of ether oxygens (including phenoxy) is 1. The second-order valence-corrected chi connectivity index (χ2v) is 3.64. The quantitative estimate of drug-likeness (QED) is 0.451. The molecule has 2 rings (SSSR count). The van der Waals surface area contributed by atoms with E-state index in [0.29, 0.717) is 12.2 Å². The summed E-state index contributed by atoms with van der Waals surface area (Å²) in [5, 5.41) is 0. The fraction of sp³-hybridized carbons (Fsp3) is 1.00. The molecule has 52 valence electrons. The first-order valence-corrected chi connectivity index (χ1v) is 3.93. The number of fused-ring (bicyclic) bond motifs is 1. The molecule has 1 aliphatic heterocycles. The van der Waals surface area contributed by atoms with Crippen LogP contribution in [0.4, 0.5) is 0 Å². The summed E-state index contributed by atoms with van der Waals surface area (Å²) < 4.78 is 5.42. The summed E-state index contributed by atoms with van der Waals surface area (Å²) in [5.74, 6) is 1.79. The number of hydrogen-bond donors (Lipinski definition) is 0. The normalized spacial score (nSPS) is 56.7. The van der Waals surface area contributed by atoms with Crippen LogP contribution in [0.1, 0.15) is 26.7 Å². The summed E-state index contributed by atoms with van der Waals surface area (Å²) >= 11 is 0. The molecule has 1 heterocycles. The standard InChI is InChI=1S/C8H14O/c1-5-3-7-8(9-7)4-6(5)2/h5-8H,3-4H2,1-2H3/t5-,6+,7+,8-. The van der Waals surface area contributed by atoms with Crippen molar-refractivity contribution in [1.82, 2.24) is 0 Å². The molecule has 1 heteroatoms. The van der Waals surface area contributed by atoms with Gasteiger partial charge < -0.3 is 4.74 Å². The molecule has 1 nitrogen and oxygen atoms in total. The van der Waals surface area contributed by atoms with Crippen molar-refractivity contribution in [3.05, 3.63) is 0 Å². The monoisotopic (exact) mass is 126 g/mol. The molecule has 0 aromatic rings. The molecule has 2 aliphatic rings. The summed E-state index contributed by atoms with van der Waals surface area (Å²) in [4.78, 5) is 0. The van der Waals surface area contributed by atoms with Crippen LogP contribution in [0.2, 0.25) is 0 Å². The highest BCUT2D eigenvalue weighted by molar-refractivity contribution is 4.93. The Balaban J connectivity index is 1.98. The Hall–Kier alpha value is -0.0400. The van der Waals surface area contributed by atoms with Gasteiger partial charge in [0.25, 0.3) is 0 Å². The van der Waals surface area contributed by atoms with E-state index in [1.807, 2.05) is 0 Å². The molecule has 9 heavy (non-hydrogen) atoms. The Morgan fingerprint density at radius 2 is 1.44 bits per heavy atom. The van der Waals surface area contributed by atoms with E-state index in [4.69, 9.17) is 4.74 Å². The molecular formula is C8H14O. The van der Waals surface area contributed by atoms with Crippen LogP contribution in [0.3, 0.4) is 0 Å². The van der Waals surface area contributed by atoms with Gasteiger partial charge in [-0.05, 0) is 24.7 Å². The second kappa shape index (κ2) is 1.72. The smallest absolute Gasteiger partial charge is 0.0844 e. The van der Waals surface area contributed by atoms with E-state index < -0.39 is 0 Å². The Morgan fingerprint density at radius 3 is 1.89 bits per heavy atom.